The van der Waals surface area contributed by atoms with E-state index in [1.54, 1.807) is 4.90 Å². The first kappa shape index (κ1) is 19.2. The van der Waals surface area contributed by atoms with Crippen LogP contribution in [-0.4, -0.2) is 64.3 Å². The van der Waals surface area contributed by atoms with Gasteiger partial charge in [-0.1, -0.05) is 0 Å². The monoisotopic (exact) mass is 410 g/mol. The lowest BCUT2D eigenvalue weighted by Gasteiger charge is -2.40. The van der Waals surface area contributed by atoms with Gasteiger partial charge in [-0.3, -0.25) is 9.58 Å². The molecule has 0 unspecified atom stereocenters. The normalized spacial score (nSPS) is 32.0. The first-order chi connectivity index (χ1) is 13.3. The minimum atomic E-state index is -2.55. The topological polar surface area (TPSA) is 24.3 Å². The number of alkyl halides is 2. The number of halogens is 2. The lowest BCUT2D eigenvalue weighted by atomic mass is 9.83. The minimum absolute atomic E-state index is 0.191. The molecule has 4 nitrogen and oxygen atoms in total. The van der Waals surface area contributed by atoms with Crippen molar-refractivity contribution in [3.05, 3.63) is 11.8 Å². The second-order valence-electron chi connectivity index (χ2n) is 9.90. The minimum Gasteiger partial charge on any atom is -0.343 e. The maximum absolute atomic E-state index is 13.3. The molecule has 4 fully saturated rings. The third-order valence-corrected chi connectivity index (χ3v) is 8.96. The number of aromatic nitrogens is 2. The van der Waals surface area contributed by atoms with Crippen molar-refractivity contribution in [2.45, 2.75) is 69.9 Å². The predicted octanol–water partition coefficient (Wildman–Crippen LogP) is 4.38. The third-order valence-electron chi connectivity index (χ3n) is 7.32. The van der Waals surface area contributed by atoms with E-state index in [1.165, 1.54) is 62.4 Å². The molecule has 0 radical (unpaired) electrons. The zero-order chi connectivity index (χ0) is 19.5. The van der Waals surface area contributed by atoms with Crippen molar-refractivity contribution >= 4 is 17.6 Å². The van der Waals surface area contributed by atoms with Crippen LogP contribution < -0.4 is 4.90 Å². The molecule has 4 heterocycles. The highest BCUT2D eigenvalue weighted by molar-refractivity contribution is 8.00. The molecular formula is C21H32F2N4S. The molecular weight excluding hydrogens is 378 g/mol. The summed E-state index contributed by atoms with van der Waals surface area (Å²) in [6, 6.07) is 3.10. The largest absolute Gasteiger partial charge is 0.343 e. The fraction of sp³-hybridized carbons (Fsp3) is 0.857. The van der Waals surface area contributed by atoms with E-state index in [2.05, 4.69) is 41.3 Å². The molecule has 4 aliphatic rings. The van der Waals surface area contributed by atoms with Crippen molar-refractivity contribution in [3.63, 3.8) is 0 Å². The summed E-state index contributed by atoms with van der Waals surface area (Å²) in [4.78, 5) is 4.48. The summed E-state index contributed by atoms with van der Waals surface area (Å²) >= 11 is 2.11. The van der Waals surface area contributed by atoms with Gasteiger partial charge in [0.2, 0.25) is 0 Å². The Morgan fingerprint density at radius 3 is 2.36 bits per heavy atom. The molecule has 28 heavy (non-hydrogen) atoms. The van der Waals surface area contributed by atoms with Crippen LogP contribution >= 0.6 is 11.8 Å². The van der Waals surface area contributed by atoms with Gasteiger partial charge in [0.25, 0.3) is 5.92 Å². The molecule has 156 valence electrons. The van der Waals surface area contributed by atoms with E-state index in [1.807, 2.05) is 0 Å². The maximum atomic E-state index is 13.3. The highest BCUT2D eigenvalue weighted by Crippen LogP contribution is 2.47. The average molecular weight is 411 g/mol. The molecule has 0 N–H and O–H groups in total. The molecule has 0 amide bonds. The summed E-state index contributed by atoms with van der Waals surface area (Å²) in [6.45, 7) is 6.49. The average Bonchev–Trinajstić information content (AvgIpc) is 3.25. The van der Waals surface area contributed by atoms with Crippen molar-refractivity contribution in [2.24, 2.45) is 5.41 Å². The van der Waals surface area contributed by atoms with Crippen molar-refractivity contribution in [1.29, 1.82) is 0 Å². The summed E-state index contributed by atoms with van der Waals surface area (Å²) in [6.07, 6.45) is 6.29. The van der Waals surface area contributed by atoms with E-state index >= 15 is 0 Å². The summed E-state index contributed by atoms with van der Waals surface area (Å²) < 4.78 is 28.7. The Bertz CT molecular complexity index is 714. The molecule has 1 aromatic rings. The van der Waals surface area contributed by atoms with Crippen molar-refractivity contribution in [2.75, 3.05) is 42.6 Å². The lowest BCUT2D eigenvalue weighted by Crippen LogP contribution is -2.56. The van der Waals surface area contributed by atoms with Crippen molar-refractivity contribution in [3.8, 4) is 0 Å². The second-order valence-corrected chi connectivity index (χ2v) is 10.9. The molecule has 1 spiro atoms. The summed E-state index contributed by atoms with van der Waals surface area (Å²) in [7, 11) is 0. The highest BCUT2D eigenvalue weighted by Gasteiger charge is 2.46. The van der Waals surface area contributed by atoms with Crippen LogP contribution in [0.15, 0.2) is 6.07 Å². The van der Waals surface area contributed by atoms with Crippen LogP contribution in [0, 0.1) is 5.41 Å². The van der Waals surface area contributed by atoms with Gasteiger partial charge in [-0.05, 0) is 52.5 Å². The van der Waals surface area contributed by atoms with Gasteiger partial charge in [0.1, 0.15) is 0 Å². The van der Waals surface area contributed by atoms with Crippen LogP contribution in [0.1, 0.15) is 63.6 Å². The number of hydrogen-bond donors (Lipinski definition) is 0. The first-order valence-corrected chi connectivity index (χ1v) is 12.0. The Hall–Kier alpha value is -0.820. The van der Waals surface area contributed by atoms with Crippen LogP contribution in [0.3, 0.4) is 0 Å². The van der Waals surface area contributed by atoms with E-state index in [9.17, 15) is 8.78 Å². The van der Waals surface area contributed by atoms with Crippen LogP contribution in [0.5, 0.6) is 0 Å². The van der Waals surface area contributed by atoms with Gasteiger partial charge in [0.05, 0.1) is 13.1 Å². The van der Waals surface area contributed by atoms with Crippen LogP contribution in [-0.2, 0) is 0 Å². The zero-order valence-electron chi connectivity index (χ0n) is 17.0. The molecule has 3 aliphatic heterocycles. The van der Waals surface area contributed by atoms with E-state index in [4.69, 9.17) is 5.10 Å². The number of likely N-dealkylation sites (tertiary alicyclic amines) is 1. The Morgan fingerprint density at radius 2 is 1.82 bits per heavy atom. The lowest BCUT2D eigenvalue weighted by molar-refractivity contribution is -0.0267. The highest BCUT2D eigenvalue weighted by atomic mass is 32.2. The molecule has 1 saturated carbocycles. The quantitative estimate of drug-likeness (QED) is 0.735. The first-order valence-electron chi connectivity index (χ1n) is 10.9. The molecule has 7 heteroatoms. The number of nitrogens with zero attached hydrogens (tertiary/aromatic N) is 4. The van der Waals surface area contributed by atoms with Gasteiger partial charge in [-0.2, -0.15) is 16.9 Å². The molecule has 3 saturated heterocycles. The van der Waals surface area contributed by atoms with Gasteiger partial charge in [0, 0.05) is 53.2 Å². The fourth-order valence-corrected chi connectivity index (χ4v) is 6.84. The second kappa shape index (κ2) is 6.86. The fourth-order valence-electron chi connectivity index (χ4n) is 5.59. The maximum Gasteiger partial charge on any atom is 0.282 e. The van der Waals surface area contributed by atoms with E-state index in [0.717, 1.165) is 11.9 Å². The van der Waals surface area contributed by atoms with Gasteiger partial charge in [-0.15, -0.1) is 0 Å². The van der Waals surface area contributed by atoms with E-state index < -0.39 is 5.92 Å². The molecule has 1 aliphatic carbocycles. The van der Waals surface area contributed by atoms with Crippen LogP contribution in [0.25, 0.3) is 0 Å². The number of rotatable bonds is 4. The Balaban J connectivity index is 1.24. The van der Waals surface area contributed by atoms with Crippen LogP contribution in [0.4, 0.5) is 14.6 Å². The Labute approximate surface area is 171 Å². The molecule has 0 bridgehead atoms. The van der Waals surface area contributed by atoms with Gasteiger partial charge in [-0.25, -0.2) is 8.78 Å². The predicted molar refractivity (Wildman–Crippen MR) is 111 cm³/mol. The SMILES string of the molecule is CC(C)n1nc(N2CC(F)(F)C2)cc1C1CCC(N2CCC3(CSC3)C2)CC1. The van der Waals surface area contributed by atoms with Crippen LogP contribution in [0.2, 0.25) is 0 Å². The van der Waals surface area contributed by atoms with E-state index in [0.29, 0.717) is 11.3 Å². The number of hydrogen-bond acceptors (Lipinski definition) is 4. The number of anilines is 1. The zero-order valence-corrected chi connectivity index (χ0v) is 17.9. The summed E-state index contributed by atoms with van der Waals surface area (Å²) in [5.41, 5.74) is 1.90. The number of thioether (sulfide) groups is 1. The molecule has 0 atom stereocenters. The molecule has 0 aromatic carbocycles. The summed E-state index contributed by atoms with van der Waals surface area (Å²) in [5.74, 6) is 1.43. The van der Waals surface area contributed by atoms with Crippen molar-refractivity contribution in [1.82, 2.24) is 14.7 Å². The van der Waals surface area contributed by atoms with Gasteiger partial charge in [0.15, 0.2) is 5.82 Å². The third kappa shape index (κ3) is 3.36. The molecule has 1 aromatic heterocycles. The standard InChI is InChI=1S/C21H32F2N4S/c1-15(2)27-18(9-19(24-27)26-11-21(22,23)12-26)16-3-5-17(6-4-16)25-8-7-20(10-25)13-28-14-20/h9,15-17H,3-8,10-14H2,1-2H3. The Morgan fingerprint density at radius 1 is 1.11 bits per heavy atom. The van der Waals surface area contributed by atoms with Crippen molar-refractivity contribution < 1.29 is 8.78 Å². The summed E-state index contributed by atoms with van der Waals surface area (Å²) in [5, 5.41) is 4.70. The van der Waals surface area contributed by atoms with E-state index in [-0.39, 0.29) is 19.1 Å². The smallest absolute Gasteiger partial charge is 0.282 e. The van der Waals surface area contributed by atoms with Gasteiger partial charge < -0.3 is 4.90 Å². The Kier molecular flexibility index (Phi) is 4.70. The molecule has 5 rings (SSSR count). The van der Waals surface area contributed by atoms with Gasteiger partial charge >= 0.3 is 0 Å².